The summed E-state index contributed by atoms with van der Waals surface area (Å²) in [5, 5.41) is 3.07. The fraction of sp³-hybridized carbons (Fsp3) is 0.316. The van der Waals surface area contributed by atoms with Crippen molar-refractivity contribution in [3.63, 3.8) is 0 Å². The first kappa shape index (κ1) is 34.4. The number of benzene rings is 4. The van der Waals surface area contributed by atoms with Crippen LogP contribution in [0.3, 0.4) is 0 Å². The summed E-state index contributed by atoms with van der Waals surface area (Å²) in [7, 11) is -4.15. The molecule has 46 heavy (non-hydrogen) atoms. The third kappa shape index (κ3) is 8.85. The SMILES string of the molecule is Cc1ccccc1CN(C(=O)CN(c1ccc(C(C)C)cc1)S(=O)(=O)c1ccccc1)[C@@H](Cc1ccccc1)C(=O)NC(C)(C)C. The minimum Gasteiger partial charge on any atom is -0.350 e. The van der Waals surface area contributed by atoms with E-state index in [-0.39, 0.29) is 29.7 Å². The summed E-state index contributed by atoms with van der Waals surface area (Å²) in [6.07, 6.45) is 0.259. The number of nitrogens with zero attached hydrogens (tertiary/aromatic N) is 2. The lowest BCUT2D eigenvalue weighted by Gasteiger charge is -2.35. The van der Waals surface area contributed by atoms with E-state index < -0.39 is 34.1 Å². The molecule has 0 radical (unpaired) electrons. The fourth-order valence-electron chi connectivity index (χ4n) is 5.25. The predicted molar refractivity (Wildman–Crippen MR) is 185 cm³/mol. The number of anilines is 1. The number of carbonyl (C=O) groups excluding carboxylic acids is 2. The fourth-order valence-corrected chi connectivity index (χ4v) is 6.69. The van der Waals surface area contributed by atoms with Crippen LogP contribution >= 0.6 is 0 Å². The van der Waals surface area contributed by atoms with Gasteiger partial charge in [0.2, 0.25) is 11.8 Å². The lowest BCUT2D eigenvalue weighted by Crippen LogP contribution is -2.56. The number of hydrogen-bond acceptors (Lipinski definition) is 4. The van der Waals surface area contributed by atoms with E-state index in [0.717, 1.165) is 26.6 Å². The van der Waals surface area contributed by atoms with Crippen molar-refractivity contribution >= 4 is 27.5 Å². The zero-order valence-electron chi connectivity index (χ0n) is 27.6. The number of sulfonamides is 1. The Morgan fingerprint density at radius 3 is 1.91 bits per heavy atom. The molecule has 0 unspecified atom stereocenters. The molecule has 0 heterocycles. The number of rotatable bonds is 12. The van der Waals surface area contributed by atoms with Crippen molar-refractivity contribution in [2.45, 2.75) is 76.9 Å². The zero-order valence-corrected chi connectivity index (χ0v) is 28.4. The molecule has 242 valence electrons. The van der Waals surface area contributed by atoms with Crippen LogP contribution in [0.2, 0.25) is 0 Å². The van der Waals surface area contributed by atoms with Crippen LogP contribution in [0, 0.1) is 6.92 Å². The molecule has 4 rings (SSSR count). The van der Waals surface area contributed by atoms with Crippen molar-refractivity contribution in [3.8, 4) is 0 Å². The largest absolute Gasteiger partial charge is 0.350 e. The van der Waals surface area contributed by atoms with Gasteiger partial charge in [0.25, 0.3) is 10.0 Å². The van der Waals surface area contributed by atoms with Crippen molar-refractivity contribution in [1.82, 2.24) is 10.2 Å². The molecule has 0 saturated heterocycles. The molecule has 0 saturated carbocycles. The Balaban J connectivity index is 1.83. The lowest BCUT2D eigenvalue weighted by atomic mass is 10.00. The van der Waals surface area contributed by atoms with Crippen LogP contribution in [0.5, 0.6) is 0 Å². The molecule has 0 aliphatic carbocycles. The second-order valence-electron chi connectivity index (χ2n) is 13.0. The molecule has 8 heteroatoms. The summed E-state index contributed by atoms with van der Waals surface area (Å²) < 4.78 is 29.5. The Bertz CT molecular complexity index is 1720. The topological polar surface area (TPSA) is 86.8 Å². The number of carbonyl (C=O) groups is 2. The lowest BCUT2D eigenvalue weighted by molar-refractivity contribution is -0.140. The standard InChI is InChI=1S/C38H45N3O4S/c1-28(2)31-21-23-33(24-22-31)41(46(44,45)34-19-11-8-12-20-34)27-36(42)40(26-32-18-14-13-15-29(32)3)35(37(43)39-38(4,5)6)25-30-16-9-7-10-17-30/h7-24,28,35H,25-27H2,1-6H3,(H,39,43)/t35-/m0/s1. The van der Waals surface area contributed by atoms with E-state index in [1.54, 1.807) is 30.3 Å². The van der Waals surface area contributed by atoms with Gasteiger partial charge in [-0.1, -0.05) is 98.8 Å². The highest BCUT2D eigenvalue weighted by molar-refractivity contribution is 7.92. The normalized spacial score (nSPS) is 12.4. The van der Waals surface area contributed by atoms with Gasteiger partial charge in [-0.15, -0.1) is 0 Å². The van der Waals surface area contributed by atoms with Gasteiger partial charge in [-0.25, -0.2) is 8.42 Å². The third-order valence-electron chi connectivity index (χ3n) is 7.83. The van der Waals surface area contributed by atoms with Gasteiger partial charge in [0, 0.05) is 18.5 Å². The zero-order chi connectivity index (χ0) is 33.5. The van der Waals surface area contributed by atoms with Crippen LogP contribution in [0.15, 0.2) is 114 Å². The molecule has 0 aromatic heterocycles. The molecule has 0 aliphatic heterocycles. The summed E-state index contributed by atoms with van der Waals surface area (Å²) in [6.45, 7) is 11.4. The van der Waals surface area contributed by atoms with Gasteiger partial charge in [0.1, 0.15) is 12.6 Å². The van der Waals surface area contributed by atoms with Gasteiger partial charge in [0.05, 0.1) is 10.6 Å². The number of nitrogens with one attached hydrogen (secondary N) is 1. The van der Waals surface area contributed by atoms with Crippen molar-refractivity contribution in [2.75, 3.05) is 10.8 Å². The van der Waals surface area contributed by atoms with E-state index in [9.17, 15) is 18.0 Å². The Morgan fingerprint density at radius 1 is 0.783 bits per heavy atom. The summed E-state index contributed by atoms with van der Waals surface area (Å²) in [6, 6.07) is 31.7. The minimum atomic E-state index is -4.15. The predicted octanol–water partition coefficient (Wildman–Crippen LogP) is 6.87. The van der Waals surface area contributed by atoms with Crippen LogP contribution < -0.4 is 9.62 Å². The van der Waals surface area contributed by atoms with Gasteiger partial charge in [-0.05, 0) is 80.1 Å². The monoisotopic (exact) mass is 639 g/mol. The first-order valence-electron chi connectivity index (χ1n) is 15.6. The van der Waals surface area contributed by atoms with Crippen molar-refractivity contribution < 1.29 is 18.0 Å². The van der Waals surface area contributed by atoms with Crippen LogP contribution in [0.25, 0.3) is 0 Å². The van der Waals surface area contributed by atoms with E-state index in [0.29, 0.717) is 5.69 Å². The number of hydrogen-bond donors (Lipinski definition) is 1. The molecule has 0 spiro atoms. The molecule has 0 bridgehead atoms. The van der Waals surface area contributed by atoms with Gasteiger partial charge in [-0.2, -0.15) is 0 Å². The molecule has 4 aromatic carbocycles. The molecule has 2 amide bonds. The van der Waals surface area contributed by atoms with E-state index in [4.69, 9.17) is 0 Å². The average Bonchev–Trinajstić information content (AvgIpc) is 3.02. The molecule has 1 N–H and O–H groups in total. The second-order valence-corrected chi connectivity index (χ2v) is 14.8. The molecular weight excluding hydrogens is 595 g/mol. The Kier molecular flexibility index (Phi) is 11.1. The molecular formula is C38H45N3O4S. The highest BCUT2D eigenvalue weighted by atomic mass is 32.2. The molecule has 7 nitrogen and oxygen atoms in total. The maximum atomic E-state index is 14.6. The van der Waals surface area contributed by atoms with Crippen LogP contribution in [0.1, 0.15) is 62.8 Å². The van der Waals surface area contributed by atoms with Gasteiger partial charge >= 0.3 is 0 Å². The Labute approximate surface area is 274 Å². The minimum absolute atomic E-state index is 0.0764. The van der Waals surface area contributed by atoms with Gasteiger partial charge < -0.3 is 10.2 Å². The van der Waals surface area contributed by atoms with E-state index >= 15 is 0 Å². The summed E-state index contributed by atoms with van der Waals surface area (Å²) in [4.78, 5) is 30.3. The van der Waals surface area contributed by atoms with Crippen molar-refractivity contribution in [3.05, 3.63) is 131 Å². The smallest absolute Gasteiger partial charge is 0.264 e. The average molecular weight is 640 g/mol. The molecule has 4 aromatic rings. The second kappa shape index (κ2) is 14.8. The Hall–Kier alpha value is -4.43. The maximum absolute atomic E-state index is 14.6. The van der Waals surface area contributed by atoms with Gasteiger partial charge in [0.15, 0.2) is 0 Å². The Morgan fingerprint density at radius 2 is 1.35 bits per heavy atom. The highest BCUT2D eigenvalue weighted by Crippen LogP contribution is 2.27. The number of amides is 2. The van der Waals surface area contributed by atoms with E-state index in [1.165, 1.54) is 17.0 Å². The van der Waals surface area contributed by atoms with Crippen LogP contribution in [0.4, 0.5) is 5.69 Å². The van der Waals surface area contributed by atoms with Crippen molar-refractivity contribution in [1.29, 1.82) is 0 Å². The molecule has 0 fully saturated rings. The van der Waals surface area contributed by atoms with Gasteiger partial charge in [-0.3, -0.25) is 13.9 Å². The first-order chi connectivity index (χ1) is 21.8. The molecule has 1 atom stereocenters. The third-order valence-corrected chi connectivity index (χ3v) is 9.62. The summed E-state index contributed by atoms with van der Waals surface area (Å²) >= 11 is 0. The van der Waals surface area contributed by atoms with E-state index in [2.05, 4.69) is 19.2 Å². The quantitative estimate of drug-likeness (QED) is 0.183. The maximum Gasteiger partial charge on any atom is 0.264 e. The summed E-state index contributed by atoms with van der Waals surface area (Å²) in [5.74, 6) is -0.544. The first-order valence-corrected chi connectivity index (χ1v) is 17.1. The van der Waals surface area contributed by atoms with Crippen LogP contribution in [-0.4, -0.2) is 43.3 Å². The van der Waals surface area contributed by atoms with Crippen molar-refractivity contribution in [2.24, 2.45) is 0 Å². The summed E-state index contributed by atoms with van der Waals surface area (Å²) in [5.41, 5.74) is 3.59. The van der Waals surface area contributed by atoms with Crippen LogP contribution in [-0.2, 0) is 32.6 Å². The van der Waals surface area contributed by atoms with E-state index in [1.807, 2.05) is 94.4 Å². The number of aryl methyl sites for hydroxylation is 1. The highest BCUT2D eigenvalue weighted by Gasteiger charge is 2.35. The molecule has 0 aliphatic rings.